The average Bonchev–Trinajstić information content (AvgIpc) is 2.73. The van der Waals surface area contributed by atoms with Gasteiger partial charge in [0.25, 0.3) is 10.0 Å². The monoisotopic (exact) mass is 390 g/mol. The summed E-state index contributed by atoms with van der Waals surface area (Å²) >= 11 is 4.32. The lowest BCUT2D eigenvalue weighted by molar-refractivity contribution is -0.136. The molecule has 1 heterocycles. The Morgan fingerprint density at radius 2 is 2.19 bits per heavy atom. The fraction of sp³-hybridized carbons (Fsp3) is 0.167. The van der Waals surface area contributed by atoms with Gasteiger partial charge in [-0.05, 0) is 30.7 Å². The molecular formula is C12H11BrN2O4S2. The van der Waals surface area contributed by atoms with Crippen LogP contribution in [0.25, 0.3) is 0 Å². The Hall–Kier alpha value is -1.45. The highest BCUT2D eigenvalue weighted by Crippen LogP contribution is 2.24. The number of halogens is 1. The van der Waals surface area contributed by atoms with Crippen molar-refractivity contribution >= 4 is 48.4 Å². The molecule has 0 saturated carbocycles. The molecule has 112 valence electrons. The molecule has 0 amide bonds. The lowest BCUT2D eigenvalue weighted by atomic mass is 10.2. The summed E-state index contributed by atoms with van der Waals surface area (Å²) in [5.74, 6) is -1.02. The zero-order chi connectivity index (χ0) is 15.6. The number of aromatic nitrogens is 1. The van der Waals surface area contributed by atoms with Crippen LogP contribution < -0.4 is 4.72 Å². The van der Waals surface area contributed by atoms with Gasteiger partial charge >= 0.3 is 5.97 Å². The van der Waals surface area contributed by atoms with Gasteiger partial charge in [0.2, 0.25) is 0 Å². The number of sulfonamides is 1. The van der Waals surface area contributed by atoms with Crippen molar-refractivity contribution in [3.05, 3.63) is 39.3 Å². The second-order valence-electron chi connectivity index (χ2n) is 4.23. The predicted molar refractivity (Wildman–Crippen MR) is 83.1 cm³/mol. The van der Waals surface area contributed by atoms with Gasteiger partial charge in [-0.25, -0.2) is 13.4 Å². The fourth-order valence-electron chi connectivity index (χ4n) is 1.67. The predicted octanol–water partition coefficient (Wildman–Crippen LogP) is 2.64. The molecule has 0 radical (unpaired) electrons. The zero-order valence-electron chi connectivity index (χ0n) is 10.8. The van der Waals surface area contributed by atoms with Crippen molar-refractivity contribution in [1.82, 2.24) is 4.98 Å². The van der Waals surface area contributed by atoms with Crippen LogP contribution >= 0.6 is 27.3 Å². The number of hydrogen-bond donors (Lipinski definition) is 2. The van der Waals surface area contributed by atoms with Gasteiger partial charge in [-0.2, -0.15) is 0 Å². The molecule has 0 bridgehead atoms. The largest absolute Gasteiger partial charge is 0.481 e. The van der Waals surface area contributed by atoms with Gasteiger partial charge in [-0.15, -0.1) is 11.3 Å². The summed E-state index contributed by atoms with van der Waals surface area (Å²) in [6.45, 7) is 1.69. The molecule has 9 heteroatoms. The van der Waals surface area contributed by atoms with Crippen LogP contribution in [0.5, 0.6) is 0 Å². The van der Waals surface area contributed by atoms with E-state index in [1.54, 1.807) is 19.1 Å². The Morgan fingerprint density at radius 3 is 2.81 bits per heavy atom. The number of anilines is 1. The van der Waals surface area contributed by atoms with Gasteiger partial charge in [-0.3, -0.25) is 9.52 Å². The van der Waals surface area contributed by atoms with Crippen LogP contribution in [-0.2, 0) is 21.2 Å². The van der Waals surface area contributed by atoms with Crippen molar-refractivity contribution in [2.24, 2.45) is 0 Å². The summed E-state index contributed by atoms with van der Waals surface area (Å²) in [4.78, 5) is 14.7. The van der Waals surface area contributed by atoms with Gasteiger partial charge in [0, 0.05) is 9.85 Å². The molecule has 0 aliphatic heterocycles. The fourth-order valence-corrected chi connectivity index (χ4v) is 4.34. The Balaban J connectivity index is 2.25. The molecule has 2 N–H and O–H groups in total. The van der Waals surface area contributed by atoms with Crippen LogP contribution in [0.2, 0.25) is 0 Å². The number of benzene rings is 1. The maximum Gasteiger partial charge on any atom is 0.309 e. The van der Waals surface area contributed by atoms with Crippen LogP contribution in [0.15, 0.2) is 32.9 Å². The second-order valence-corrected chi connectivity index (χ2v) is 7.65. The molecule has 21 heavy (non-hydrogen) atoms. The normalized spacial score (nSPS) is 11.3. The molecule has 0 atom stereocenters. The van der Waals surface area contributed by atoms with Gasteiger partial charge in [0.15, 0.2) is 5.13 Å². The maximum absolute atomic E-state index is 12.3. The van der Waals surface area contributed by atoms with E-state index in [0.717, 1.165) is 15.8 Å². The van der Waals surface area contributed by atoms with Crippen LogP contribution in [0.3, 0.4) is 0 Å². The highest BCUT2D eigenvalue weighted by Gasteiger charge is 2.19. The molecular weight excluding hydrogens is 380 g/mol. The maximum atomic E-state index is 12.3. The molecule has 0 saturated heterocycles. The third kappa shape index (κ3) is 4.02. The molecule has 0 aliphatic carbocycles. The van der Waals surface area contributed by atoms with Crippen molar-refractivity contribution in [1.29, 1.82) is 0 Å². The van der Waals surface area contributed by atoms with Crippen LogP contribution in [0.1, 0.15) is 11.3 Å². The molecule has 0 spiro atoms. The topological polar surface area (TPSA) is 96.4 Å². The van der Waals surface area contributed by atoms with Crippen LogP contribution in [0, 0.1) is 6.92 Å². The molecule has 2 aromatic rings. The standard InChI is InChI=1S/C12H11BrN2O4S2/c1-7-4-8(13)2-3-10(7)21(18,19)15-12-14-9(6-20-12)5-11(16)17/h2-4,6H,5H2,1H3,(H,14,15)(H,16,17). The number of carboxylic acids is 1. The van der Waals surface area contributed by atoms with Crippen molar-refractivity contribution in [2.45, 2.75) is 18.2 Å². The van der Waals surface area contributed by atoms with E-state index in [-0.39, 0.29) is 16.4 Å². The van der Waals surface area contributed by atoms with Crippen molar-refractivity contribution in [3.8, 4) is 0 Å². The third-order valence-electron chi connectivity index (χ3n) is 2.53. The van der Waals surface area contributed by atoms with E-state index in [4.69, 9.17) is 5.11 Å². The first kappa shape index (κ1) is 15.9. The number of carboxylic acid groups (broad SMARTS) is 1. The smallest absolute Gasteiger partial charge is 0.309 e. The zero-order valence-corrected chi connectivity index (χ0v) is 14.0. The van der Waals surface area contributed by atoms with Crippen LogP contribution in [-0.4, -0.2) is 24.5 Å². The van der Waals surface area contributed by atoms with E-state index in [0.29, 0.717) is 11.3 Å². The van der Waals surface area contributed by atoms with Gasteiger partial charge in [-0.1, -0.05) is 15.9 Å². The van der Waals surface area contributed by atoms with E-state index in [1.165, 1.54) is 11.4 Å². The molecule has 0 fully saturated rings. The minimum absolute atomic E-state index is 0.147. The van der Waals surface area contributed by atoms with E-state index in [2.05, 4.69) is 25.6 Å². The Kier molecular flexibility index (Phi) is 4.64. The molecule has 0 aliphatic rings. The highest BCUT2D eigenvalue weighted by molar-refractivity contribution is 9.10. The van der Waals surface area contributed by atoms with Crippen molar-refractivity contribution in [2.75, 3.05) is 4.72 Å². The number of nitrogens with one attached hydrogen (secondary N) is 1. The highest BCUT2D eigenvalue weighted by atomic mass is 79.9. The first-order valence-electron chi connectivity index (χ1n) is 5.73. The Morgan fingerprint density at radius 1 is 1.48 bits per heavy atom. The molecule has 0 unspecified atom stereocenters. The Labute approximate surface area is 134 Å². The quantitative estimate of drug-likeness (QED) is 0.817. The Bertz CT molecular complexity index is 786. The number of carbonyl (C=O) groups is 1. The molecule has 1 aromatic carbocycles. The third-order valence-corrected chi connectivity index (χ3v) is 5.46. The first-order valence-corrected chi connectivity index (χ1v) is 8.88. The number of nitrogens with zero attached hydrogens (tertiary/aromatic N) is 1. The lowest BCUT2D eigenvalue weighted by Crippen LogP contribution is -2.14. The van der Waals surface area contributed by atoms with Crippen molar-refractivity contribution in [3.63, 3.8) is 0 Å². The lowest BCUT2D eigenvalue weighted by Gasteiger charge is -2.08. The van der Waals surface area contributed by atoms with E-state index >= 15 is 0 Å². The number of rotatable bonds is 5. The van der Waals surface area contributed by atoms with Crippen LogP contribution in [0.4, 0.5) is 5.13 Å². The van der Waals surface area contributed by atoms with E-state index in [1.807, 2.05) is 0 Å². The summed E-state index contributed by atoms with van der Waals surface area (Å²) in [6.07, 6.45) is -0.241. The van der Waals surface area contributed by atoms with Crippen molar-refractivity contribution < 1.29 is 18.3 Å². The summed E-state index contributed by atoms with van der Waals surface area (Å²) in [5, 5.41) is 10.3. The number of hydrogen-bond acceptors (Lipinski definition) is 5. The molecule has 2 rings (SSSR count). The van der Waals surface area contributed by atoms with E-state index in [9.17, 15) is 13.2 Å². The minimum atomic E-state index is -3.75. The van der Waals surface area contributed by atoms with E-state index < -0.39 is 16.0 Å². The SMILES string of the molecule is Cc1cc(Br)ccc1S(=O)(=O)Nc1nc(CC(=O)O)cs1. The summed E-state index contributed by atoms with van der Waals surface area (Å²) in [5.41, 5.74) is 0.914. The molecule has 6 nitrogen and oxygen atoms in total. The van der Waals surface area contributed by atoms with Gasteiger partial charge in [0.1, 0.15) is 0 Å². The summed E-state index contributed by atoms with van der Waals surface area (Å²) in [7, 11) is -3.75. The van der Waals surface area contributed by atoms with Gasteiger partial charge < -0.3 is 5.11 Å². The average molecular weight is 391 g/mol. The van der Waals surface area contributed by atoms with Gasteiger partial charge in [0.05, 0.1) is 17.0 Å². The summed E-state index contributed by atoms with van der Waals surface area (Å²) in [6, 6.07) is 4.83. The number of thiazole rings is 1. The first-order chi connectivity index (χ1) is 9.78. The number of aliphatic carboxylic acids is 1. The minimum Gasteiger partial charge on any atom is -0.481 e. The second kappa shape index (κ2) is 6.12. The summed E-state index contributed by atoms with van der Waals surface area (Å²) < 4.78 is 27.7. The number of aryl methyl sites for hydroxylation is 1. The molecule has 1 aromatic heterocycles.